The van der Waals surface area contributed by atoms with Crippen LogP contribution in [0.2, 0.25) is 0 Å². The average molecular weight is 344 g/mol. The van der Waals surface area contributed by atoms with E-state index in [2.05, 4.69) is 21.2 Å². The molecule has 106 valence electrons. The number of halogens is 4. The van der Waals surface area contributed by atoms with E-state index in [4.69, 9.17) is 0 Å². The maximum absolute atomic E-state index is 13.9. The van der Waals surface area contributed by atoms with Gasteiger partial charge in [-0.2, -0.15) is 0 Å². The molecule has 0 bridgehead atoms. The largest absolute Gasteiger partial charge is 0.309 e. The summed E-state index contributed by atoms with van der Waals surface area (Å²) in [6, 6.07) is 7.23. The van der Waals surface area contributed by atoms with Crippen LogP contribution in [0.3, 0.4) is 0 Å². The number of rotatable bonds is 3. The van der Waals surface area contributed by atoms with Gasteiger partial charge in [-0.3, -0.25) is 0 Å². The van der Waals surface area contributed by atoms with Crippen molar-refractivity contribution in [3.05, 3.63) is 68.9 Å². The van der Waals surface area contributed by atoms with E-state index in [1.165, 1.54) is 6.07 Å². The van der Waals surface area contributed by atoms with Crippen molar-refractivity contribution in [2.75, 3.05) is 7.05 Å². The first kappa shape index (κ1) is 15.1. The number of aryl methyl sites for hydroxylation is 1. The number of nitrogens with one attached hydrogen (secondary N) is 1. The third kappa shape index (κ3) is 2.88. The molecule has 20 heavy (non-hydrogen) atoms. The molecular weight excluding hydrogens is 331 g/mol. The van der Waals surface area contributed by atoms with Crippen LogP contribution >= 0.6 is 15.9 Å². The minimum atomic E-state index is -1.45. The summed E-state index contributed by atoms with van der Waals surface area (Å²) in [6.45, 7) is 1.91. The van der Waals surface area contributed by atoms with Crippen molar-refractivity contribution >= 4 is 15.9 Å². The third-order valence-corrected chi connectivity index (χ3v) is 3.52. The Hall–Kier alpha value is -1.33. The van der Waals surface area contributed by atoms with Crippen LogP contribution in [0.5, 0.6) is 0 Å². The number of benzene rings is 2. The Balaban J connectivity index is 2.55. The lowest BCUT2D eigenvalue weighted by molar-refractivity contribution is 0.435. The van der Waals surface area contributed by atoms with Crippen molar-refractivity contribution in [2.24, 2.45) is 0 Å². The molecule has 1 unspecified atom stereocenters. The zero-order valence-corrected chi connectivity index (χ0v) is 12.6. The maximum Gasteiger partial charge on any atom is 0.194 e. The molecule has 0 aromatic heterocycles. The standard InChI is InChI=1S/C15H13BrF3N/c1-8-5-9(7-10(16)6-8)15(20-2)11-3-4-12(17)14(19)13(11)18/h3-7,15,20H,1-2H3. The summed E-state index contributed by atoms with van der Waals surface area (Å²) < 4.78 is 41.2. The fraction of sp³-hybridized carbons (Fsp3) is 0.200. The van der Waals surface area contributed by atoms with Crippen molar-refractivity contribution in [3.8, 4) is 0 Å². The molecule has 0 aliphatic rings. The number of hydrogen-bond donors (Lipinski definition) is 1. The second-order valence-corrected chi connectivity index (χ2v) is 5.46. The molecule has 0 aliphatic heterocycles. The van der Waals surface area contributed by atoms with Crippen LogP contribution in [-0.4, -0.2) is 7.05 Å². The topological polar surface area (TPSA) is 12.0 Å². The molecular formula is C15H13BrF3N. The summed E-state index contributed by atoms with van der Waals surface area (Å²) in [4.78, 5) is 0. The van der Waals surface area contributed by atoms with Crippen LogP contribution in [0.15, 0.2) is 34.8 Å². The van der Waals surface area contributed by atoms with Gasteiger partial charge in [-0.1, -0.05) is 28.1 Å². The Kier molecular flexibility index (Phi) is 4.50. The molecule has 5 heteroatoms. The molecule has 2 aromatic rings. The van der Waals surface area contributed by atoms with Crippen molar-refractivity contribution in [1.29, 1.82) is 0 Å². The van der Waals surface area contributed by atoms with Crippen LogP contribution in [0, 0.1) is 24.4 Å². The molecule has 2 aromatic carbocycles. The van der Waals surface area contributed by atoms with E-state index in [0.29, 0.717) is 0 Å². The second-order valence-electron chi connectivity index (χ2n) is 4.55. The highest BCUT2D eigenvalue weighted by molar-refractivity contribution is 9.10. The normalized spacial score (nSPS) is 12.5. The Labute approximate surface area is 123 Å². The molecule has 0 heterocycles. The van der Waals surface area contributed by atoms with E-state index < -0.39 is 23.5 Å². The summed E-state index contributed by atoms with van der Waals surface area (Å²) >= 11 is 3.37. The van der Waals surface area contributed by atoms with Gasteiger partial charge in [0, 0.05) is 10.0 Å². The monoisotopic (exact) mass is 343 g/mol. The van der Waals surface area contributed by atoms with E-state index >= 15 is 0 Å². The predicted octanol–water partition coefficient (Wildman–Crippen LogP) is 4.48. The number of hydrogen-bond acceptors (Lipinski definition) is 1. The Morgan fingerprint density at radius 2 is 1.75 bits per heavy atom. The van der Waals surface area contributed by atoms with E-state index in [1.54, 1.807) is 7.05 Å². The summed E-state index contributed by atoms with van der Waals surface area (Å²) in [6.07, 6.45) is 0. The van der Waals surface area contributed by atoms with E-state index in [-0.39, 0.29) is 5.56 Å². The highest BCUT2D eigenvalue weighted by Gasteiger charge is 2.21. The maximum atomic E-state index is 13.9. The fourth-order valence-electron chi connectivity index (χ4n) is 2.20. The molecule has 0 saturated carbocycles. The van der Waals surface area contributed by atoms with Gasteiger partial charge in [0.25, 0.3) is 0 Å². The van der Waals surface area contributed by atoms with Crippen molar-refractivity contribution in [1.82, 2.24) is 5.32 Å². The molecule has 2 rings (SSSR count). The summed E-state index contributed by atoms with van der Waals surface area (Å²) in [7, 11) is 1.64. The van der Waals surface area contributed by atoms with Crippen LogP contribution in [0.1, 0.15) is 22.7 Å². The Morgan fingerprint density at radius 1 is 1.05 bits per heavy atom. The van der Waals surface area contributed by atoms with Gasteiger partial charge in [-0.15, -0.1) is 0 Å². The predicted molar refractivity (Wildman–Crippen MR) is 76.1 cm³/mol. The molecule has 0 spiro atoms. The van der Waals surface area contributed by atoms with Gasteiger partial charge in [-0.05, 0) is 43.3 Å². The Bertz CT molecular complexity index is 623. The van der Waals surface area contributed by atoms with Gasteiger partial charge in [0.15, 0.2) is 17.5 Å². The second kappa shape index (κ2) is 5.97. The SMILES string of the molecule is CNC(c1cc(C)cc(Br)c1)c1ccc(F)c(F)c1F. The van der Waals surface area contributed by atoms with Crippen molar-refractivity contribution in [3.63, 3.8) is 0 Å². The molecule has 0 saturated heterocycles. The first-order valence-electron chi connectivity index (χ1n) is 6.01. The zero-order chi connectivity index (χ0) is 14.9. The lowest BCUT2D eigenvalue weighted by atomic mass is 9.97. The smallest absolute Gasteiger partial charge is 0.194 e. The molecule has 1 atom stereocenters. The van der Waals surface area contributed by atoms with E-state index in [0.717, 1.165) is 21.7 Å². The first-order valence-corrected chi connectivity index (χ1v) is 6.81. The molecule has 0 radical (unpaired) electrons. The van der Waals surface area contributed by atoms with Crippen LogP contribution < -0.4 is 5.32 Å². The fourth-order valence-corrected chi connectivity index (χ4v) is 2.82. The lowest BCUT2D eigenvalue weighted by Crippen LogP contribution is -2.20. The lowest BCUT2D eigenvalue weighted by Gasteiger charge is -2.19. The molecule has 0 fully saturated rings. The quantitative estimate of drug-likeness (QED) is 0.810. The van der Waals surface area contributed by atoms with Crippen LogP contribution in [0.4, 0.5) is 13.2 Å². The Morgan fingerprint density at radius 3 is 2.35 bits per heavy atom. The van der Waals surface area contributed by atoms with Crippen LogP contribution in [0.25, 0.3) is 0 Å². The summed E-state index contributed by atoms with van der Waals surface area (Å²) in [5, 5.41) is 2.93. The van der Waals surface area contributed by atoms with Gasteiger partial charge in [0.2, 0.25) is 0 Å². The molecule has 1 N–H and O–H groups in total. The van der Waals surface area contributed by atoms with E-state index in [1.807, 2.05) is 25.1 Å². The van der Waals surface area contributed by atoms with Gasteiger partial charge >= 0.3 is 0 Å². The van der Waals surface area contributed by atoms with Gasteiger partial charge in [0.1, 0.15) is 0 Å². The minimum Gasteiger partial charge on any atom is -0.309 e. The highest BCUT2D eigenvalue weighted by Crippen LogP contribution is 2.29. The average Bonchev–Trinajstić information content (AvgIpc) is 2.38. The zero-order valence-electron chi connectivity index (χ0n) is 11.0. The molecule has 0 amide bonds. The molecule has 0 aliphatic carbocycles. The van der Waals surface area contributed by atoms with E-state index in [9.17, 15) is 13.2 Å². The first-order chi connectivity index (χ1) is 9.43. The van der Waals surface area contributed by atoms with Crippen LogP contribution in [-0.2, 0) is 0 Å². The molecule has 1 nitrogen and oxygen atoms in total. The van der Waals surface area contributed by atoms with Gasteiger partial charge in [0.05, 0.1) is 6.04 Å². The van der Waals surface area contributed by atoms with Gasteiger partial charge < -0.3 is 5.32 Å². The van der Waals surface area contributed by atoms with Crippen molar-refractivity contribution < 1.29 is 13.2 Å². The summed E-state index contributed by atoms with van der Waals surface area (Å²) in [5.41, 5.74) is 1.82. The van der Waals surface area contributed by atoms with Crippen molar-refractivity contribution in [2.45, 2.75) is 13.0 Å². The van der Waals surface area contributed by atoms with Gasteiger partial charge in [-0.25, -0.2) is 13.2 Å². The highest BCUT2D eigenvalue weighted by atomic mass is 79.9. The summed E-state index contributed by atoms with van der Waals surface area (Å²) in [5.74, 6) is -3.80. The third-order valence-electron chi connectivity index (χ3n) is 3.06. The minimum absolute atomic E-state index is 0.0731.